The number of methoxy groups -OCH3 is 1. The van der Waals surface area contributed by atoms with Crippen LogP contribution in [-0.4, -0.2) is 19.8 Å². The van der Waals surface area contributed by atoms with Crippen molar-refractivity contribution in [2.45, 2.75) is 19.6 Å². The highest BCUT2D eigenvalue weighted by Gasteiger charge is 1.96. The summed E-state index contributed by atoms with van der Waals surface area (Å²) in [7, 11) is 1.65. The molecule has 0 unspecified atom stereocenters. The first-order chi connectivity index (χ1) is 6.72. The van der Waals surface area contributed by atoms with Crippen molar-refractivity contribution in [3.8, 4) is 5.75 Å². The van der Waals surface area contributed by atoms with E-state index in [2.05, 4.69) is 0 Å². The molecule has 1 aromatic carbocycles. The number of hydrogen-bond donors (Lipinski definition) is 1. The van der Waals surface area contributed by atoms with Crippen molar-refractivity contribution in [2.75, 3.05) is 13.7 Å². The quantitative estimate of drug-likeness (QED) is 0.775. The lowest BCUT2D eigenvalue weighted by Crippen LogP contribution is -2.21. The van der Waals surface area contributed by atoms with Gasteiger partial charge in [-0.3, -0.25) is 0 Å². The van der Waals surface area contributed by atoms with Crippen LogP contribution in [0.5, 0.6) is 5.75 Å². The summed E-state index contributed by atoms with van der Waals surface area (Å²) in [4.78, 5) is 0. The van der Waals surface area contributed by atoms with Gasteiger partial charge in [-0.05, 0) is 24.6 Å². The summed E-state index contributed by atoms with van der Waals surface area (Å²) >= 11 is 0. The molecule has 0 fully saturated rings. The monoisotopic (exact) mass is 195 g/mol. The molecule has 1 aromatic rings. The second-order valence-electron chi connectivity index (χ2n) is 3.34. The molecule has 0 aromatic heterocycles. The lowest BCUT2D eigenvalue weighted by atomic mass is 10.2. The van der Waals surface area contributed by atoms with Crippen LogP contribution < -0.4 is 10.5 Å². The van der Waals surface area contributed by atoms with Gasteiger partial charge in [-0.25, -0.2) is 0 Å². The van der Waals surface area contributed by atoms with Gasteiger partial charge in [0.05, 0.1) is 20.3 Å². The van der Waals surface area contributed by atoms with Crippen LogP contribution in [0, 0.1) is 0 Å². The number of ether oxygens (including phenoxy) is 2. The first kappa shape index (κ1) is 11.0. The summed E-state index contributed by atoms with van der Waals surface area (Å²) in [5.74, 6) is 0.862. The van der Waals surface area contributed by atoms with E-state index in [0.717, 1.165) is 11.3 Å². The Kier molecular flexibility index (Phi) is 4.43. The summed E-state index contributed by atoms with van der Waals surface area (Å²) < 4.78 is 10.4. The SMILES string of the molecule is COc1ccc(COC[C@@H](C)N)cc1. The van der Waals surface area contributed by atoms with Crippen molar-refractivity contribution >= 4 is 0 Å². The lowest BCUT2D eigenvalue weighted by molar-refractivity contribution is 0.111. The summed E-state index contributed by atoms with van der Waals surface area (Å²) in [5, 5.41) is 0. The van der Waals surface area contributed by atoms with Gasteiger partial charge in [0.2, 0.25) is 0 Å². The Morgan fingerprint density at radius 1 is 1.29 bits per heavy atom. The van der Waals surface area contributed by atoms with Gasteiger partial charge in [0.1, 0.15) is 5.75 Å². The lowest BCUT2D eigenvalue weighted by Gasteiger charge is -2.07. The largest absolute Gasteiger partial charge is 0.497 e. The molecule has 14 heavy (non-hydrogen) atoms. The smallest absolute Gasteiger partial charge is 0.118 e. The van der Waals surface area contributed by atoms with E-state index in [9.17, 15) is 0 Å². The molecule has 0 radical (unpaired) electrons. The molecule has 1 rings (SSSR count). The predicted octanol–water partition coefficient (Wildman–Crippen LogP) is 1.56. The van der Waals surface area contributed by atoms with E-state index in [4.69, 9.17) is 15.2 Å². The predicted molar refractivity (Wildman–Crippen MR) is 56.3 cm³/mol. The Bertz CT molecular complexity index is 256. The maximum atomic E-state index is 5.56. The Balaban J connectivity index is 2.36. The van der Waals surface area contributed by atoms with Crippen molar-refractivity contribution < 1.29 is 9.47 Å². The standard InChI is InChI=1S/C11H17NO2/c1-9(12)7-14-8-10-3-5-11(13-2)6-4-10/h3-6,9H,7-8,12H2,1-2H3/t9-/m1/s1. The molecule has 0 aliphatic heterocycles. The molecular weight excluding hydrogens is 178 g/mol. The molecule has 0 amide bonds. The molecule has 0 heterocycles. The zero-order chi connectivity index (χ0) is 10.4. The van der Waals surface area contributed by atoms with Gasteiger partial charge in [0, 0.05) is 6.04 Å². The number of rotatable bonds is 5. The van der Waals surface area contributed by atoms with Gasteiger partial charge in [-0.15, -0.1) is 0 Å². The molecule has 0 aliphatic carbocycles. The molecule has 78 valence electrons. The summed E-state index contributed by atoms with van der Waals surface area (Å²) in [5.41, 5.74) is 6.69. The van der Waals surface area contributed by atoms with Crippen LogP contribution in [0.15, 0.2) is 24.3 Å². The summed E-state index contributed by atoms with van der Waals surface area (Å²) in [6, 6.07) is 7.91. The Labute approximate surface area is 84.8 Å². The fourth-order valence-corrected chi connectivity index (χ4v) is 1.08. The molecule has 0 bridgehead atoms. The van der Waals surface area contributed by atoms with Gasteiger partial charge < -0.3 is 15.2 Å². The fourth-order valence-electron chi connectivity index (χ4n) is 1.08. The number of benzene rings is 1. The Hall–Kier alpha value is -1.06. The molecule has 3 nitrogen and oxygen atoms in total. The maximum absolute atomic E-state index is 5.56. The summed E-state index contributed by atoms with van der Waals surface area (Å²) in [6.45, 7) is 3.12. The van der Waals surface area contributed by atoms with Crippen molar-refractivity contribution in [3.05, 3.63) is 29.8 Å². The Morgan fingerprint density at radius 3 is 2.43 bits per heavy atom. The second kappa shape index (κ2) is 5.62. The van der Waals surface area contributed by atoms with Gasteiger partial charge >= 0.3 is 0 Å². The Morgan fingerprint density at radius 2 is 1.93 bits per heavy atom. The average Bonchev–Trinajstić information content (AvgIpc) is 2.18. The minimum absolute atomic E-state index is 0.0910. The average molecular weight is 195 g/mol. The van der Waals surface area contributed by atoms with E-state index < -0.39 is 0 Å². The molecule has 0 spiro atoms. The highest BCUT2D eigenvalue weighted by atomic mass is 16.5. The molecule has 2 N–H and O–H groups in total. The van der Waals surface area contributed by atoms with Crippen molar-refractivity contribution in [2.24, 2.45) is 5.73 Å². The van der Waals surface area contributed by atoms with Crippen molar-refractivity contribution in [1.29, 1.82) is 0 Å². The summed E-state index contributed by atoms with van der Waals surface area (Å²) in [6.07, 6.45) is 0. The maximum Gasteiger partial charge on any atom is 0.118 e. The van der Waals surface area contributed by atoms with E-state index in [-0.39, 0.29) is 6.04 Å². The van der Waals surface area contributed by atoms with Gasteiger partial charge in [-0.2, -0.15) is 0 Å². The zero-order valence-electron chi connectivity index (χ0n) is 8.69. The van der Waals surface area contributed by atoms with E-state index in [1.807, 2.05) is 31.2 Å². The first-order valence-corrected chi connectivity index (χ1v) is 4.68. The van der Waals surface area contributed by atoms with Crippen LogP contribution in [-0.2, 0) is 11.3 Å². The molecule has 0 aliphatic rings. The van der Waals surface area contributed by atoms with E-state index >= 15 is 0 Å². The third kappa shape index (κ3) is 3.77. The fraction of sp³-hybridized carbons (Fsp3) is 0.455. The number of hydrogen-bond acceptors (Lipinski definition) is 3. The topological polar surface area (TPSA) is 44.5 Å². The van der Waals surface area contributed by atoms with E-state index in [0.29, 0.717) is 13.2 Å². The van der Waals surface area contributed by atoms with Gasteiger partial charge in [0.15, 0.2) is 0 Å². The van der Waals surface area contributed by atoms with Crippen LogP contribution >= 0.6 is 0 Å². The molecule has 1 atom stereocenters. The van der Waals surface area contributed by atoms with E-state index in [1.54, 1.807) is 7.11 Å². The van der Waals surface area contributed by atoms with Crippen molar-refractivity contribution in [3.63, 3.8) is 0 Å². The van der Waals surface area contributed by atoms with Gasteiger partial charge in [-0.1, -0.05) is 12.1 Å². The zero-order valence-corrected chi connectivity index (χ0v) is 8.69. The van der Waals surface area contributed by atoms with Crippen LogP contribution in [0.25, 0.3) is 0 Å². The second-order valence-corrected chi connectivity index (χ2v) is 3.34. The first-order valence-electron chi connectivity index (χ1n) is 4.68. The molecule has 3 heteroatoms. The highest BCUT2D eigenvalue weighted by Crippen LogP contribution is 2.11. The molecule has 0 saturated carbocycles. The van der Waals surface area contributed by atoms with Gasteiger partial charge in [0.25, 0.3) is 0 Å². The van der Waals surface area contributed by atoms with Crippen LogP contribution in [0.3, 0.4) is 0 Å². The minimum Gasteiger partial charge on any atom is -0.497 e. The molecule has 0 saturated heterocycles. The number of nitrogens with two attached hydrogens (primary N) is 1. The minimum atomic E-state index is 0.0910. The van der Waals surface area contributed by atoms with Crippen LogP contribution in [0.1, 0.15) is 12.5 Å². The molecular formula is C11H17NO2. The third-order valence-electron chi connectivity index (χ3n) is 1.81. The normalized spacial score (nSPS) is 12.5. The van der Waals surface area contributed by atoms with Crippen LogP contribution in [0.2, 0.25) is 0 Å². The third-order valence-corrected chi connectivity index (χ3v) is 1.81. The van der Waals surface area contributed by atoms with Crippen molar-refractivity contribution in [1.82, 2.24) is 0 Å². The van der Waals surface area contributed by atoms with E-state index in [1.165, 1.54) is 0 Å². The highest BCUT2D eigenvalue weighted by molar-refractivity contribution is 5.26. The van der Waals surface area contributed by atoms with Crippen LogP contribution in [0.4, 0.5) is 0 Å².